The van der Waals surface area contributed by atoms with Crippen molar-refractivity contribution >= 4 is 268 Å². The van der Waals surface area contributed by atoms with Gasteiger partial charge in [-0.25, -0.2) is 0 Å². The highest BCUT2D eigenvalue weighted by molar-refractivity contribution is 9.41. The van der Waals surface area contributed by atoms with Crippen LogP contribution in [0.4, 0.5) is 0 Å². The van der Waals surface area contributed by atoms with Crippen molar-refractivity contribution in [2.75, 3.05) is 6.16 Å². The molecule has 5 rings (SSSR count). The maximum Gasteiger partial charge on any atom is 0.314 e. The summed E-state index contributed by atoms with van der Waals surface area (Å²) in [6, 6.07) is 7.20. The van der Waals surface area contributed by atoms with E-state index in [1.165, 1.54) is 89.6 Å². The number of carbonyl (C=O) groups is 2. The Morgan fingerprint density at radius 2 is 0.707 bits per heavy atom. The lowest BCUT2D eigenvalue weighted by Gasteiger charge is -2.53. The number of carbonyl (C=O) groups excluding carboxylic acids is 2. The third-order valence-corrected chi connectivity index (χ3v) is 229. The molecule has 75 heavy (non-hydrogen) atoms. The molecule has 21 unspecified atom stereocenters. The molecule has 36 heteroatoms. The SMILES string of the molecule is CCCC1CCC(CC2CCC(C(=O)Oc3ccc(OC(=O)C4CCC(CC5CCC(CCP(P(P(P(P)P)P(P)P)P(P(P)P)P(P)P)P(P(P(P)P)P(P)P)P(P(P)P)P(P)PP)CC5)CC4)cc3)CC2)CC1. The number of benzene rings is 1. The van der Waals surface area contributed by atoms with Crippen molar-refractivity contribution in [1.29, 1.82) is 0 Å². The van der Waals surface area contributed by atoms with Crippen molar-refractivity contribution in [2.45, 2.75) is 142 Å². The molecule has 4 nitrogen and oxygen atoms in total. The predicted octanol–water partition coefficient (Wildman–Crippen LogP) is 29.0. The van der Waals surface area contributed by atoms with Gasteiger partial charge in [-0.2, -0.15) is 0 Å². The first-order chi connectivity index (χ1) is 35.6. The molecule has 1 aromatic rings. The fourth-order valence-electron chi connectivity index (χ4n) is 11.4. The molecule has 0 N–H and O–H groups in total. The number of hydrogen-bond acceptors (Lipinski definition) is 4. The Morgan fingerprint density at radius 1 is 0.427 bits per heavy atom. The lowest BCUT2D eigenvalue weighted by molar-refractivity contribution is -0.141. The van der Waals surface area contributed by atoms with Crippen LogP contribution in [0.15, 0.2) is 24.3 Å². The van der Waals surface area contributed by atoms with Gasteiger partial charge in [0.2, 0.25) is 0 Å². The van der Waals surface area contributed by atoms with E-state index in [2.05, 4.69) is 150 Å². The zero-order valence-electron chi connectivity index (χ0n) is 43.6. The average molecular weight is 1620 g/mol. The molecule has 432 valence electrons. The van der Waals surface area contributed by atoms with Gasteiger partial charge in [0.05, 0.1) is 11.8 Å². The van der Waals surface area contributed by atoms with Crippen LogP contribution in [0.1, 0.15) is 142 Å². The fraction of sp³-hybridized carbons (Fsp3) is 0.795. The van der Waals surface area contributed by atoms with E-state index in [4.69, 9.17) is 9.47 Å². The molecule has 0 spiro atoms. The molecule has 21 atom stereocenters. The normalized spacial score (nSPS) is 27.1. The van der Waals surface area contributed by atoms with E-state index in [0.717, 1.165) is 94.8 Å². The van der Waals surface area contributed by atoms with Crippen LogP contribution in [0.2, 0.25) is 0 Å². The molecule has 0 radical (unpaired) electrons. The van der Waals surface area contributed by atoms with Gasteiger partial charge in [-0.3, -0.25) is 9.59 Å². The summed E-state index contributed by atoms with van der Waals surface area (Å²) in [7, 11) is 55.7. The van der Waals surface area contributed by atoms with E-state index >= 15 is 0 Å². The van der Waals surface area contributed by atoms with Crippen molar-refractivity contribution in [2.24, 2.45) is 47.3 Å². The van der Waals surface area contributed by atoms with Gasteiger partial charge in [0.25, 0.3) is 0 Å². The van der Waals surface area contributed by atoms with Crippen LogP contribution in [0.3, 0.4) is 0 Å². The maximum absolute atomic E-state index is 13.5. The van der Waals surface area contributed by atoms with Gasteiger partial charge in [-0.15, -0.1) is 143 Å². The summed E-state index contributed by atoms with van der Waals surface area (Å²) in [5.41, 5.74) is 0. The lowest BCUT2D eigenvalue weighted by atomic mass is 9.72. The molecule has 4 aliphatic rings. The summed E-state index contributed by atoms with van der Waals surface area (Å²) < 4.78 is 11.8. The standard InChI is InChI=1S/C39H92O4P32/c1-2-3-28-4-8-30(9-5-28)26-32-12-16-34(17-13-32)38(40)42-36-20-22-37(23-21-36)43-39(41)35-18-14-33(15-19-35)27-31-10-6-29(7-11-31)24-25-61(70(72(62(45)46)63(47)48)73(64(49)50)65(51)52)71(74(66(53)54)67(55)56)75(68(57)58)69(59)60-44/h20-23,28-35,60H,2-19,24-27,44-59H2,1H3. The molecule has 0 bridgehead atoms. The summed E-state index contributed by atoms with van der Waals surface area (Å²) in [6.45, 7) is 0.786. The zero-order chi connectivity index (χ0) is 55.1. The molecule has 0 aliphatic heterocycles. The van der Waals surface area contributed by atoms with Crippen LogP contribution < -0.4 is 9.47 Å². The maximum atomic E-state index is 13.5. The Bertz CT molecular complexity index is 1750. The molecule has 0 saturated heterocycles. The van der Waals surface area contributed by atoms with Crippen molar-refractivity contribution in [3.63, 3.8) is 0 Å². The van der Waals surface area contributed by atoms with Gasteiger partial charge in [0, 0.05) is 0 Å². The monoisotopic (exact) mass is 1620 g/mol. The highest BCUT2D eigenvalue weighted by Crippen LogP contribution is 3.36. The summed E-state index contributed by atoms with van der Waals surface area (Å²) in [5, 5.41) is 0. The average Bonchev–Trinajstić information content (AvgIpc) is 3.35. The van der Waals surface area contributed by atoms with Gasteiger partial charge in [0.1, 0.15) is 11.5 Å². The van der Waals surface area contributed by atoms with E-state index in [1.54, 1.807) is 24.3 Å². The molecule has 0 heterocycles. The largest absolute Gasteiger partial charge is 0.426 e. The number of rotatable bonds is 28. The first-order valence-electron chi connectivity index (χ1n) is 25.8. The van der Waals surface area contributed by atoms with Crippen LogP contribution in [0, 0.1) is 47.3 Å². The molecule has 0 aromatic heterocycles. The second-order valence-corrected chi connectivity index (χ2v) is 149. The van der Waals surface area contributed by atoms with Crippen molar-refractivity contribution in [3.8, 4) is 11.5 Å². The highest BCUT2D eigenvalue weighted by Gasteiger charge is 2.51. The number of ether oxygens (including phenoxy) is 2. The first kappa shape index (κ1) is 77.6. The predicted molar refractivity (Wildman–Crippen MR) is 441 cm³/mol. The van der Waals surface area contributed by atoms with Crippen LogP contribution in [0.25, 0.3) is 0 Å². The zero-order valence-corrected chi connectivity index (χ0v) is 76.5. The second kappa shape index (κ2) is 41.7. The third-order valence-electron chi connectivity index (χ3n) is 15.1. The lowest BCUT2D eigenvalue weighted by Crippen LogP contribution is -2.27. The Balaban J connectivity index is 1.12. The van der Waals surface area contributed by atoms with Crippen LogP contribution in [0.5, 0.6) is 11.5 Å². The quantitative estimate of drug-likeness (QED) is 0.0477. The Labute approximate surface area is 512 Å². The fourth-order valence-corrected chi connectivity index (χ4v) is 425. The van der Waals surface area contributed by atoms with Crippen LogP contribution in [-0.4, -0.2) is 18.1 Å². The highest BCUT2D eigenvalue weighted by atomic mass is 33.4. The number of esters is 2. The minimum Gasteiger partial charge on any atom is -0.426 e. The summed E-state index contributed by atoms with van der Waals surface area (Å²) in [6.07, 6.45) is 28.1. The molecular weight excluding hydrogens is 1520 g/mol. The second-order valence-electron chi connectivity index (χ2n) is 20.4. The van der Waals surface area contributed by atoms with Gasteiger partial charge < -0.3 is 9.47 Å². The molecule has 0 amide bonds. The van der Waals surface area contributed by atoms with E-state index in [0.29, 0.717) is 11.5 Å². The third kappa shape index (κ3) is 26.2. The number of hydrogen-bond donors (Lipinski definition) is 0. The first-order valence-corrected chi connectivity index (χ1v) is 83.9. The minimum absolute atomic E-state index is 0.00734. The topological polar surface area (TPSA) is 52.6 Å². The molecule has 4 fully saturated rings. The van der Waals surface area contributed by atoms with Gasteiger partial charge in [-0.1, -0.05) is 79.1 Å². The van der Waals surface area contributed by atoms with Crippen LogP contribution in [-0.2, 0) is 9.59 Å². The Kier molecular flexibility index (Phi) is 43.1. The van der Waals surface area contributed by atoms with Gasteiger partial charge in [0.15, 0.2) is 0 Å². The van der Waals surface area contributed by atoms with Crippen molar-refractivity contribution in [1.82, 2.24) is 0 Å². The smallest absolute Gasteiger partial charge is 0.314 e. The van der Waals surface area contributed by atoms with Crippen molar-refractivity contribution < 1.29 is 19.1 Å². The Morgan fingerprint density at radius 3 is 1.00 bits per heavy atom. The molecular formula is C39H92O4P32. The molecule has 4 aliphatic carbocycles. The van der Waals surface area contributed by atoms with E-state index in [9.17, 15) is 9.59 Å². The van der Waals surface area contributed by atoms with Gasteiger partial charge in [-0.05, 0) is 242 Å². The van der Waals surface area contributed by atoms with E-state index in [-0.39, 0.29) is 129 Å². The van der Waals surface area contributed by atoms with E-state index < -0.39 is 0 Å². The summed E-state index contributed by atoms with van der Waals surface area (Å²) in [5.74, 6) is 5.94. The molecule has 1 aromatic carbocycles. The molecule has 4 saturated carbocycles. The Hall–Kier alpha value is 11.9. The van der Waals surface area contributed by atoms with Crippen LogP contribution >= 0.6 is 256 Å². The summed E-state index contributed by atoms with van der Waals surface area (Å²) in [4.78, 5) is 26.7. The van der Waals surface area contributed by atoms with E-state index in [1.807, 2.05) is 0 Å². The summed E-state index contributed by atoms with van der Waals surface area (Å²) >= 11 is 0. The van der Waals surface area contributed by atoms with Gasteiger partial charge >= 0.3 is 11.9 Å². The van der Waals surface area contributed by atoms with Crippen molar-refractivity contribution in [3.05, 3.63) is 24.3 Å². The minimum atomic E-state index is -0.156.